The van der Waals surface area contributed by atoms with Gasteiger partial charge in [-0.25, -0.2) is 8.42 Å². The largest absolute Gasteiger partial charge is 0.354 e. The third-order valence-corrected chi connectivity index (χ3v) is 5.38. The van der Waals surface area contributed by atoms with Crippen molar-refractivity contribution in [2.24, 2.45) is 0 Å². The zero-order valence-corrected chi connectivity index (χ0v) is 15.2. The van der Waals surface area contributed by atoms with Crippen LogP contribution in [0.4, 0.5) is 0 Å². The van der Waals surface area contributed by atoms with Crippen LogP contribution in [0.3, 0.4) is 0 Å². The van der Waals surface area contributed by atoms with Crippen LogP contribution in [-0.2, 0) is 19.6 Å². The summed E-state index contributed by atoms with van der Waals surface area (Å²) in [7, 11) is -3.92. The number of nitriles is 1. The maximum atomic E-state index is 12.3. The summed E-state index contributed by atoms with van der Waals surface area (Å²) in [5.74, 6) is -0.519. The Morgan fingerprint density at radius 1 is 1.46 bits per heavy atom. The number of nitrogens with one attached hydrogen (secondary N) is 3. The summed E-state index contributed by atoms with van der Waals surface area (Å²) >= 11 is 0. The van der Waals surface area contributed by atoms with E-state index in [1.165, 1.54) is 31.2 Å². The Hall–Kier alpha value is -2.48. The van der Waals surface area contributed by atoms with Gasteiger partial charge in [-0.15, -0.1) is 0 Å². The molecule has 1 unspecified atom stereocenters. The fourth-order valence-corrected chi connectivity index (χ4v) is 3.71. The van der Waals surface area contributed by atoms with Crippen molar-refractivity contribution in [2.75, 3.05) is 32.7 Å². The van der Waals surface area contributed by atoms with Crippen LogP contribution in [0, 0.1) is 11.3 Å². The van der Waals surface area contributed by atoms with Crippen molar-refractivity contribution >= 4 is 21.8 Å². The second-order valence-corrected chi connectivity index (χ2v) is 7.61. The average molecular weight is 379 g/mol. The van der Waals surface area contributed by atoms with Gasteiger partial charge < -0.3 is 10.6 Å². The molecule has 10 heteroatoms. The highest BCUT2D eigenvalue weighted by atomic mass is 32.2. The van der Waals surface area contributed by atoms with Crippen LogP contribution in [0.1, 0.15) is 12.5 Å². The van der Waals surface area contributed by atoms with Gasteiger partial charge in [-0.2, -0.15) is 9.98 Å². The van der Waals surface area contributed by atoms with E-state index < -0.39 is 22.0 Å². The van der Waals surface area contributed by atoms with E-state index in [2.05, 4.69) is 15.4 Å². The summed E-state index contributed by atoms with van der Waals surface area (Å²) in [6.07, 6.45) is 0. The van der Waals surface area contributed by atoms with Gasteiger partial charge in [-0.05, 0) is 25.1 Å². The molecule has 1 aromatic carbocycles. The Labute approximate surface area is 152 Å². The van der Waals surface area contributed by atoms with Gasteiger partial charge in [-0.1, -0.05) is 6.07 Å². The summed E-state index contributed by atoms with van der Waals surface area (Å²) in [5.41, 5.74) is 0.218. The molecule has 0 aromatic heterocycles. The first-order valence-electron chi connectivity index (χ1n) is 8.11. The number of sulfonamides is 1. The Kier molecular flexibility index (Phi) is 6.68. The van der Waals surface area contributed by atoms with Crippen LogP contribution in [0.2, 0.25) is 0 Å². The number of carbonyl (C=O) groups is 2. The molecule has 2 amide bonds. The van der Waals surface area contributed by atoms with Gasteiger partial charge in [0.1, 0.15) is 0 Å². The molecule has 0 saturated carbocycles. The van der Waals surface area contributed by atoms with Gasteiger partial charge in [0.15, 0.2) is 0 Å². The number of nitrogens with zero attached hydrogens (tertiary/aromatic N) is 2. The van der Waals surface area contributed by atoms with E-state index in [0.29, 0.717) is 26.2 Å². The third-order valence-electron chi connectivity index (χ3n) is 3.84. The number of hydrogen-bond donors (Lipinski definition) is 3. The summed E-state index contributed by atoms with van der Waals surface area (Å²) < 4.78 is 26.9. The smallest absolute Gasteiger partial charge is 0.241 e. The Balaban J connectivity index is 1.85. The fourth-order valence-electron chi connectivity index (χ4n) is 2.46. The lowest BCUT2D eigenvalue weighted by Crippen LogP contribution is -2.51. The maximum absolute atomic E-state index is 12.3. The van der Waals surface area contributed by atoms with E-state index in [1.807, 2.05) is 11.0 Å². The number of hydrogen-bond acceptors (Lipinski definition) is 6. The lowest BCUT2D eigenvalue weighted by molar-refractivity contribution is -0.124. The second kappa shape index (κ2) is 8.75. The van der Waals surface area contributed by atoms with Crippen LogP contribution < -0.4 is 15.4 Å². The molecular weight excluding hydrogens is 358 g/mol. The number of amides is 2. The van der Waals surface area contributed by atoms with Crippen molar-refractivity contribution in [1.29, 1.82) is 5.26 Å². The van der Waals surface area contributed by atoms with Crippen LogP contribution in [0.5, 0.6) is 0 Å². The summed E-state index contributed by atoms with van der Waals surface area (Å²) in [5, 5.41) is 14.2. The van der Waals surface area contributed by atoms with Crippen molar-refractivity contribution in [2.45, 2.75) is 17.9 Å². The van der Waals surface area contributed by atoms with Gasteiger partial charge in [0.25, 0.3) is 0 Å². The second-order valence-electron chi connectivity index (χ2n) is 5.90. The zero-order chi connectivity index (χ0) is 19.2. The Morgan fingerprint density at radius 2 is 2.23 bits per heavy atom. The summed E-state index contributed by atoms with van der Waals surface area (Å²) in [6.45, 7) is 3.82. The number of benzene rings is 1. The number of carbonyl (C=O) groups excluding carboxylic acids is 2. The minimum atomic E-state index is -3.92. The highest BCUT2D eigenvalue weighted by Gasteiger charge is 2.22. The van der Waals surface area contributed by atoms with Crippen LogP contribution >= 0.6 is 0 Å². The molecule has 1 aliphatic rings. The topological polar surface area (TPSA) is 131 Å². The first kappa shape index (κ1) is 19.8. The first-order chi connectivity index (χ1) is 12.3. The van der Waals surface area contributed by atoms with Gasteiger partial charge in [0, 0.05) is 26.2 Å². The highest BCUT2D eigenvalue weighted by Crippen LogP contribution is 2.11. The molecule has 1 saturated heterocycles. The molecule has 0 aliphatic carbocycles. The minimum Gasteiger partial charge on any atom is -0.354 e. The normalized spacial score (nSPS) is 16.4. The van der Waals surface area contributed by atoms with Crippen molar-refractivity contribution in [1.82, 2.24) is 20.3 Å². The monoisotopic (exact) mass is 379 g/mol. The summed E-state index contributed by atoms with van der Waals surface area (Å²) in [6, 6.07) is 6.46. The van der Waals surface area contributed by atoms with E-state index in [9.17, 15) is 18.0 Å². The lowest BCUT2D eigenvalue weighted by Gasteiger charge is -2.26. The predicted octanol–water partition coefficient (Wildman–Crippen LogP) is -1.23. The van der Waals surface area contributed by atoms with Crippen molar-refractivity contribution in [3.05, 3.63) is 29.8 Å². The molecule has 26 heavy (non-hydrogen) atoms. The van der Waals surface area contributed by atoms with Crippen molar-refractivity contribution in [3.63, 3.8) is 0 Å². The first-order valence-corrected chi connectivity index (χ1v) is 9.59. The summed E-state index contributed by atoms with van der Waals surface area (Å²) in [4.78, 5) is 25.2. The molecule has 1 fully saturated rings. The SMILES string of the molecule is CC(NS(=O)(=O)c1cccc(C#N)c1)C(=O)NCCN1CCNC(=O)C1. The van der Waals surface area contributed by atoms with E-state index >= 15 is 0 Å². The maximum Gasteiger partial charge on any atom is 0.241 e. The Morgan fingerprint density at radius 3 is 2.92 bits per heavy atom. The molecule has 0 bridgehead atoms. The van der Waals surface area contributed by atoms with Gasteiger partial charge in [0.2, 0.25) is 21.8 Å². The van der Waals surface area contributed by atoms with Crippen molar-refractivity contribution < 1.29 is 18.0 Å². The predicted molar refractivity (Wildman–Crippen MR) is 93.4 cm³/mol. The Bertz CT molecular complexity index is 818. The molecular formula is C16H21N5O4S. The molecule has 2 rings (SSSR count). The zero-order valence-electron chi connectivity index (χ0n) is 14.4. The standard InChI is InChI=1S/C16H21N5O4S/c1-12(16(23)19-6-8-21-7-5-18-15(22)11-21)20-26(24,25)14-4-2-3-13(9-14)10-17/h2-4,9,12,20H,5-8,11H2,1H3,(H,18,22)(H,19,23). The highest BCUT2D eigenvalue weighted by molar-refractivity contribution is 7.89. The van der Waals surface area contributed by atoms with Crippen LogP contribution in [0.25, 0.3) is 0 Å². The number of piperazine rings is 1. The van der Waals surface area contributed by atoms with Crippen molar-refractivity contribution in [3.8, 4) is 6.07 Å². The average Bonchev–Trinajstić information content (AvgIpc) is 2.61. The van der Waals surface area contributed by atoms with E-state index in [4.69, 9.17) is 5.26 Å². The van der Waals surface area contributed by atoms with E-state index in [0.717, 1.165) is 0 Å². The molecule has 1 atom stereocenters. The third kappa shape index (κ3) is 5.52. The van der Waals surface area contributed by atoms with Gasteiger partial charge in [0.05, 0.1) is 29.1 Å². The van der Waals surface area contributed by atoms with E-state index in [1.54, 1.807) is 0 Å². The molecule has 3 N–H and O–H groups in total. The molecule has 1 heterocycles. The molecule has 0 spiro atoms. The molecule has 1 aliphatic heterocycles. The lowest BCUT2D eigenvalue weighted by atomic mass is 10.2. The number of rotatable bonds is 7. The molecule has 9 nitrogen and oxygen atoms in total. The molecule has 140 valence electrons. The molecule has 1 aromatic rings. The fraction of sp³-hybridized carbons (Fsp3) is 0.438. The van der Waals surface area contributed by atoms with Gasteiger partial charge in [-0.3, -0.25) is 14.5 Å². The molecule has 0 radical (unpaired) electrons. The van der Waals surface area contributed by atoms with Gasteiger partial charge >= 0.3 is 0 Å². The van der Waals surface area contributed by atoms with E-state index in [-0.39, 0.29) is 22.9 Å². The van der Waals surface area contributed by atoms with Crippen LogP contribution in [-0.4, -0.2) is 63.9 Å². The van der Waals surface area contributed by atoms with Crippen LogP contribution in [0.15, 0.2) is 29.2 Å². The minimum absolute atomic E-state index is 0.0525. The quantitative estimate of drug-likeness (QED) is 0.544.